The number of aryl methyl sites for hydroxylation is 6. The molecule has 0 aliphatic heterocycles. The molecule has 2 heterocycles. The Kier molecular flexibility index (Phi) is 10.2. The molecular formula is C54H46N6. The standard InChI is InChI=1S/C54H46N6/c1-35-30-37(3)50(38(4)31-35)60(51-39(5)32-36(2)33-40(51)6)47-28-26-46(27-29-47)59(49-23-15-22-48(55-49)42-17-9-7-10-18-42)54-57-52(43-19-11-8-12-20-43)56-53(58-54)45-25-24-41-16-13-14-21-44(41)34-45/h7-34H,1-6H3. The van der Waals surface area contributed by atoms with Crippen LogP contribution in [0.5, 0.6) is 0 Å². The van der Waals surface area contributed by atoms with E-state index >= 15 is 0 Å². The molecule has 0 saturated heterocycles. The molecule has 0 spiro atoms. The molecule has 6 nitrogen and oxygen atoms in total. The number of hydrogen-bond donors (Lipinski definition) is 0. The Labute approximate surface area is 352 Å². The number of anilines is 6. The SMILES string of the molecule is Cc1cc(C)c(N(c2ccc(N(c3cccc(-c4ccccc4)n3)c3nc(-c4ccccc4)nc(-c4ccc5ccccc5c4)n3)cc2)c2c(C)cc(C)cc2C)c(C)c1. The molecule has 292 valence electrons. The molecule has 0 unspecified atom stereocenters. The third-order valence-corrected chi connectivity index (χ3v) is 11.0. The first kappa shape index (κ1) is 38.1. The highest BCUT2D eigenvalue weighted by molar-refractivity contribution is 5.88. The van der Waals surface area contributed by atoms with Crippen molar-refractivity contribution >= 4 is 45.3 Å². The Hall–Kier alpha value is -7.44. The number of pyridine rings is 1. The van der Waals surface area contributed by atoms with Gasteiger partial charge in [0.15, 0.2) is 11.6 Å². The molecule has 0 amide bonds. The predicted octanol–water partition coefficient (Wildman–Crippen LogP) is 14.2. The average Bonchev–Trinajstić information content (AvgIpc) is 3.26. The van der Waals surface area contributed by atoms with Crippen molar-refractivity contribution < 1.29 is 0 Å². The van der Waals surface area contributed by atoms with E-state index in [0.717, 1.165) is 44.5 Å². The highest BCUT2D eigenvalue weighted by Crippen LogP contribution is 2.44. The van der Waals surface area contributed by atoms with Crippen molar-refractivity contribution in [2.75, 3.05) is 9.80 Å². The highest BCUT2D eigenvalue weighted by Gasteiger charge is 2.24. The van der Waals surface area contributed by atoms with Crippen LogP contribution < -0.4 is 9.80 Å². The normalized spacial score (nSPS) is 11.2. The fraction of sp³-hybridized carbons (Fsp3) is 0.111. The van der Waals surface area contributed by atoms with E-state index in [1.807, 2.05) is 71.6 Å². The molecule has 0 N–H and O–H groups in total. The Morgan fingerprint density at radius 2 is 0.850 bits per heavy atom. The fourth-order valence-electron chi connectivity index (χ4n) is 8.48. The minimum absolute atomic E-state index is 0.463. The van der Waals surface area contributed by atoms with E-state index in [1.165, 1.54) is 44.8 Å². The number of rotatable bonds is 9. The van der Waals surface area contributed by atoms with Crippen molar-refractivity contribution in [1.82, 2.24) is 19.9 Å². The van der Waals surface area contributed by atoms with Gasteiger partial charge in [0.05, 0.1) is 22.8 Å². The minimum Gasteiger partial charge on any atom is -0.309 e. The highest BCUT2D eigenvalue weighted by atomic mass is 15.3. The van der Waals surface area contributed by atoms with Gasteiger partial charge in [-0.05, 0) is 117 Å². The number of fused-ring (bicyclic) bond motifs is 1. The Bertz CT molecular complexity index is 2890. The maximum Gasteiger partial charge on any atom is 0.239 e. The van der Waals surface area contributed by atoms with Gasteiger partial charge in [-0.1, -0.05) is 139 Å². The van der Waals surface area contributed by atoms with Crippen molar-refractivity contribution in [3.63, 3.8) is 0 Å². The molecule has 0 aliphatic carbocycles. The van der Waals surface area contributed by atoms with Crippen LogP contribution in [0.25, 0.3) is 44.8 Å². The summed E-state index contributed by atoms with van der Waals surface area (Å²) in [6.45, 7) is 13.2. The smallest absolute Gasteiger partial charge is 0.239 e. The summed E-state index contributed by atoms with van der Waals surface area (Å²) in [6.07, 6.45) is 0. The minimum atomic E-state index is 0.463. The number of nitrogens with zero attached hydrogens (tertiary/aromatic N) is 6. The molecule has 9 rings (SSSR count). The Morgan fingerprint density at radius 3 is 1.43 bits per heavy atom. The summed E-state index contributed by atoms with van der Waals surface area (Å²) in [5.41, 5.74) is 15.3. The van der Waals surface area contributed by atoms with Crippen molar-refractivity contribution in [1.29, 1.82) is 0 Å². The number of benzene rings is 7. The second kappa shape index (κ2) is 16.1. The van der Waals surface area contributed by atoms with E-state index in [-0.39, 0.29) is 0 Å². The fourth-order valence-corrected chi connectivity index (χ4v) is 8.48. The molecule has 0 aliphatic rings. The molecule has 60 heavy (non-hydrogen) atoms. The lowest BCUT2D eigenvalue weighted by Gasteiger charge is -2.32. The van der Waals surface area contributed by atoms with E-state index in [9.17, 15) is 0 Å². The van der Waals surface area contributed by atoms with Crippen LogP contribution in [0.2, 0.25) is 0 Å². The first-order chi connectivity index (χ1) is 29.2. The monoisotopic (exact) mass is 778 g/mol. The summed E-state index contributed by atoms with van der Waals surface area (Å²) in [5, 5.41) is 2.27. The van der Waals surface area contributed by atoms with Crippen LogP contribution in [-0.4, -0.2) is 19.9 Å². The molecular weight excluding hydrogens is 733 g/mol. The van der Waals surface area contributed by atoms with E-state index in [1.54, 1.807) is 0 Å². The maximum atomic E-state index is 5.27. The van der Waals surface area contributed by atoms with Crippen molar-refractivity contribution in [2.45, 2.75) is 41.5 Å². The van der Waals surface area contributed by atoms with E-state index < -0.39 is 0 Å². The maximum absolute atomic E-state index is 5.27. The lowest BCUT2D eigenvalue weighted by molar-refractivity contribution is 1.01. The van der Waals surface area contributed by atoms with Gasteiger partial charge in [-0.15, -0.1) is 0 Å². The number of aromatic nitrogens is 4. The summed E-state index contributed by atoms with van der Waals surface area (Å²) in [6, 6.07) is 59.0. The average molecular weight is 779 g/mol. The van der Waals surface area contributed by atoms with Gasteiger partial charge in [-0.3, -0.25) is 4.90 Å². The van der Waals surface area contributed by atoms with Crippen LogP contribution in [0.1, 0.15) is 33.4 Å². The van der Waals surface area contributed by atoms with Crippen molar-refractivity contribution in [3.8, 4) is 34.0 Å². The second-order valence-corrected chi connectivity index (χ2v) is 15.6. The zero-order valence-electron chi connectivity index (χ0n) is 34.8. The van der Waals surface area contributed by atoms with Gasteiger partial charge in [0.25, 0.3) is 0 Å². The molecule has 0 fully saturated rings. The van der Waals surface area contributed by atoms with Gasteiger partial charge in [0.2, 0.25) is 5.95 Å². The molecule has 0 bridgehead atoms. The molecule has 7 aromatic carbocycles. The molecule has 2 aromatic heterocycles. The molecule has 0 radical (unpaired) electrons. The second-order valence-electron chi connectivity index (χ2n) is 15.6. The summed E-state index contributed by atoms with van der Waals surface area (Å²) in [7, 11) is 0. The number of hydrogen-bond acceptors (Lipinski definition) is 6. The molecule has 9 aromatic rings. The largest absolute Gasteiger partial charge is 0.309 e. The van der Waals surface area contributed by atoms with Crippen molar-refractivity contribution in [3.05, 3.63) is 203 Å². The third-order valence-electron chi connectivity index (χ3n) is 11.0. The topological polar surface area (TPSA) is 58.0 Å². The Morgan fingerprint density at radius 1 is 0.350 bits per heavy atom. The van der Waals surface area contributed by atoms with Gasteiger partial charge in [0.1, 0.15) is 5.82 Å². The van der Waals surface area contributed by atoms with Crippen LogP contribution in [-0.2, 0) is 0 Å². The van der Waals surface area contributed by atoms with E-state index in [0.29, 0.717) is 23.4 Å². The molecule has 0 saturated carbocycles. The third kappa shape index (κ3) is 7.51. The lowest BCUT2D eigenvalue weighted by atomic mass is 9.99. The van der Waals surface area contributed by atoms with Crippen LogP contribution in [0, 0.1) is 41.5 Å². The first-order valence-corrected chi connectivity index (χ1v) is 20.4. The van der Waals surface area contributed by atoms with Gasteiger partial charge >= 0.3 is 0 Å². The zero-order chi connectivity index (χ0) is 41.3. The zero-order valence-corrected chi connectivity index (χ0v) is 34.8. The van der Waals surface area contributed by atoms with Gasteiger partial charge in [-0.25, -0.2) is 9.97 Å². The van der Waals surface area contributed by atoms with Crippen LogP contribution in [0.4, 0.5) is 34.5 Å². The van der Waals surface area contributed by atoms with E-state index in [4.69, 9.17) is 19.9 Å². The van der Waals surface area contributed by atoms with E-state index in [2.05, 4.69) is 150 Å². The Balaban J connectivity index is 1.25. The van der Waals surface area contributed by atoms with Crippen LogP contribution in [0.15, 0.2) is 170 Å². The lowest BCUT2D eigenvalue weighted by Crippen LogP contribution is -2.18. The van der Waals surface area contributed by atoms with Crippen LogP contribution >= 0.6 is 0 Å². The molecule has 6 heteroatoms. The van der Waals surface area contributed by atoms with Gasteiger partial charge in [-0.2, -0.15) is 9.97 Å². The van der Waals surface area contributed by atoms with Gasteiger partial charge in [0, 0.05) is 22.4 Å². The summed E-state index contributed by atoms with van der Waals surface area (Å²) >= 11 is 0. The summed E-state index contributed by atoms with van der Waals surface area (Å²) < 4.78 is 0. The first-order valence-electron chi connectivity index (χ1n) is 20.4. The quantitative estimate of drug-likeness (QED) is 0.145. The molecule has 0 atom stereocenters. The predicted molar refractivity (Wildman–Crippen MR) is 249 cm³/mol. The summed E-state index contributed by atoms with van der Waals surface area (Å²) in [4.78, 5) is 25.3. The van der Waals surface area contributed by atoms with Gasteiger partial charge < -0.3 is 4.90 Å². The summed E-state index contributed by atoms with van der Waals surface area (Å²) in [5.74, 6) is 2.30. The van der Waals surface area contributed by atoms with Crippen molar-refractivity contribution in [2.24, 2.45) is 0 Å². The van der Waals surface area contributed by atoms with Crippen LogP contribution in [0.3, 0.4) is 0 Å².